The van der Waals surface area contributed by atoms with Gasteiger partial charge in [0.05, 0.1) is 0 Å². The van der Waals surface area contributed by atoms with E-state index in [9.17, 15) is 0 Å². The van der Waals surface area contributed by atoms with E-state index < -0.39 is 12.7 Å². The first-order valence-electron chi connectivity index (χ1n) is 11.0. The van der Waals surface area contributed by atoms with Gasteiger partial charge in [-0.15, -0.1) is 0 Å². The molecule has 0 radical (unpaired) electrons. The smallest absolute Gasteiger partial charge is 0.404 e. The van der Waals surface area contributed by atoms with Crippen molar-refractivity contribution >= 4 is 34.9 Å². The molecule has 0 atom stereocenters. The van der Waals surface area contributed by atoms with E-state index in [4.69, 9.17) is 5.48 Å². The molecule has 1 aromatic heterocycles. The fraction of sp³-hybridized carbons (Fsp3) is 0.261. The van der Waals surface area contributed by atoms with Crippen molar-refractivity contribution < 1.29 is 10.1 Å². The lowest BCUT2D eigenvalue weighted by Crippen LogP contribution is -2.66. The summed E-state index contributed by atoms with van der Waals surface area (Å²) in [5, 5.41) is 1.04. The van der Waals surface area contributed by atoms with Gasteiger partial charge in [-0.2, -0.15) is 0 Å². The molecule has 0 amide bonds. The minimum absolute atomic E-state index is 0.266. The van der Waals surface area contributed by atoms with Crippen LogP contribution in [0.4, 0.5) is 0 Å². The maximum absolute atomic E-state index is 8.75. The summed E-state index contributed by atoms with van der Waals surface area (Å²) in [6.45, 7) is 1.31. The Balaban J connectivity index is 2.05. The number of hydrogen-bond acceptors (Lipinski definition) is 1. The van der Waals surface area contributed by atoms with E-state index in [1.807, 2.05) is 63.1 Å². The lowest BCUT2D eigenvalue weighted by Gasteiger charge is -2.32. The van der Waals surface area contributed by atoms with Gasteiger partial charge in [0.1, 0.15) is 7.05 Å². The summed E-state index contributed by atoms with van der Waals surface area (Å²) in [5.41, 5.74) is 5.24. The quantitative estimate of drug-likeness (QED) is 0.511. The highest BCUT2D eigenvalue weighted by Gasteiger charge is 2.38. The number of benzene rings is 2. The first kappa shape index (κ1) is 12.8. The van der Waals surface area contributed by atoms with Gasteiger partial charge >= 0.3 is 6.85 Å². The van der Waals surface area contributed by atoms with Crippen molar-refractivity contribution in [3.8, 4) is 0 Å². The summed E-state index contributed by atoms with van der Waals surface area (Å²) in [4.78, 5) is 1.86. The van der Waals surface area contributed by atoms with Crippen LogP contribution in [0.3, 0.4) is 0 Å². The summed E-state index contributed by atoms with van der Waals surface area (Å²) in [6.07, 6.45) is 1.77. The number of aromatic nitrogens is 1. The number of fused-ring (bicyclic) bond motifs is 2. The Labute approximate surface area is 162 Å². The summed E-state index contributed by atoms with van der Waals surface area (Å²) < 4.78 is 35.1. The Morgan fingerprint density at radius 2 is 1.85 bits per heavy atom. The van der Waals surface area contributed by atoms with Crippen LogP contribution in [0, 0.1) is 0 Å². The first-order valence-corrected chi connectivity index (χ1v) is 8.96. The topological polar surface area (TPSA) is 7.12 Å². The molecular weight excluding hydrogens is 315 g/mol. The van der Waals surface area contributed by atoms with Crippen LogP contribution in [0.5, 0.6) is 0 Å². The molecule has 26 heavy (non-hydrogen) atoms. The average molecular weight is 345 g/mol. The third-order valence-electron chi connectivity index (χ3n) is 5.40. The lowest BCUT2D eigenvalue weighted by atomic mass is 9.48. The standard InChI is InChI=1S/C23H26BN2/c1-16(2)20-15-23(25(4)22-13-9-7-11-19(20)22)24-21-12-8-6-10-18(21)14-17(3)26(24)5/h6-16H,1-5H3/q+1/i3D3,16D. The summed E-state index contributed by atoms with van der Waals surface area (Å²) >= 11 is 0. The normalized spacial score (nSPS) is 17.2. The van der Waals surface area contributed by atoms with E-state index in [-0.39, 0.29) is 6.85 Å². The molecule has 0 aliphatic carbocycles. The van der Waals surface area contributed by atoms with Crippen LogP contribution >= 0.6 is 0 Å². The van der Waals surface area contributed by atoms with E-state index in [2.05, 4.69) is 28.8 Å². The van der Waals surface area contributed by atoms with Gasteiger partial charge < -0.3 is 4.81 Å². The Kier molecular flexibility index (Phi) is 3.10. The molecule has 130 valence electrons. The molecule has 3 heteroatoms. The van der Waals surface area contributed by atoms with Gasteiger partial charge in [-0.1, -0.05) is 50.2 Å². The van der Waals surface area contributed by atoms with E-state index in [1.165, 1.54) is 0 Å². The molecular formula is C23H26BN2+. The zero-order chi connectivity index (χ0) is 21.8. The highest BCUT2D eigenvalue weighted by Crippen LogP contribution is 2.23. The largest absolute Gasteiger partial charge is 0.408 e. The molecule has 3 aromatic rings. The predicted octanol–water partition coefficient (Wildman–Crippen LogP) is 3.20. The maximum Gasteiger partial charge on any atom is 0.404 e. The first-order chi connectivity index (χ1) is 14.0. The van der Waals surface area contributed by atoms with Gasteiger partial charge in [0, 0.05) is 23.0 Å². The second kappa shape index (κ2) is 6.32. The van der Waals surface area contributed by atoms with Crippen LogP contribution in [0.2, 0.25) is 0 Å². The molecule has 1 aliphatic rings. The molecule has 2 aromatic carbocycles. The van der Waals surface area contributed by atoms with E-state index in [0.29, 0.717) is 5.70 Å². The van der Waals surface area contributed by atoms with Gasteiger partial charge in [-0.3, -0.25) is 0 Å². The molecule has 0 N–H and O–H groups in total. The van der Waals surface area contributed by atoms with Crippen molar-refractivity contribution in [3.63, 3.8) is 0 Å². The van der Waals surface area contributed by atoms with E-state index in [0.717, 1.165) is 33.1 Å². The molecule has 0 unspecified atom stereocenters. The number of hydrogen-bond donors (Lipinski definition) is 0. The predicted molar refractivity (Wildman–Crippen MR) is 112 cm³/mol. The van der Waals surface area contributed by atoms with Crippen molar-refractivity contribution in [2.75, 3.05) is 7.05 Å². The minimum atomic E-state index is -2.21. The molecule has 0 saturated carbocycles. The van der Waals surface area contributed by atoms with E-state index >= 15 is 0 Å². The fourth-order valence-corrected chi connectivity index (χ4v) is 3.98. The number of aryl methyl sites for hydroxylation is 1. The fourth-order valence-electron chi connectivity index (χ4n) is 3.98. The van der Waals surface area contributed by atoms with Crippen molar-refractivity contribution in [2.45, 2.75) is 26.6 Å². The number of allylic oxidation sites excluding steroid dienone is 1. The van der Waals surface area contributed by atoms with Crippen molar-refractivity contribution in [2.24, 2.45) is 7.05 Å². The summed E-state index contributed by atoms with van der Waals surface area (Å²) in [5.74, 6) is -0.794. The monoisotopic (exact) mass is 345 g/mol. The van der Waals surface area contributed by atoms with E-state index in [1.54, 1.807) is 6.08 Å². The number of para-hydroxylation sites is 1. The van der Waals surface area contributed by atoms with Crippen LogP contribution in [0.15, 0.2) is 60.3 Å². The average Bonchev–Trinajstić information content (AvgIpc) is 2.67. The van der Waals surface area contributed by atoms with Gasteiger partial charge in [0.2, 0.25) is 5.52 Å². The van der Waals surface area contributed by atoms with Gasteiger partial charge in [0.15, 0.2) is 5.59 Å². The van der Waals surface area contributed by atoms with Gasteiger partial charge in [-0.05, 0) is 54.2 Å². The molecule has 2 heterocycles. The van der Waals surface area contributed by atoms with Gasteiger partial charge in [0.25, 0.3) is 0 Å². The lowest BCUT2D eigenvalue weighted by molar-refractivity contribution is -0.627. The highest BCUT2D eigenvalue weighted by molar-refractivity contribution is 6.83. The zero-order valence-electron chi connectivity index (χ0n) is 19.7. The summed E-state index contributed by atoms with van der Waals surface area (Å²) in [6, 6.07) is 18.1. The van der Waals surface area contributed by atoms with Gasteiger partial charge in [-0.25, -0.2) is 4.57 Å². The molecule has 2 nitrogen and oxygen atoms in total. The van der Waals surface area contributed by atoms with Crippen molar-refractivity contribution in [1.82, 2.24) is 4.81 Å². The molecule has 0 spiro atoms. The maximum atomic E-state index is 8.75. The number of pyridine rings is 1. The Morgan fingerprint density at radius 3 is 2.62 bits per heavy atom. The summed E-state index contributed by atoms with van der Waals surface area (Å²) in [7, 11) is 3.86. The van der Waals surface area contributed by atoms with Crippen molar-refractivity contribution in [3.05, 3.63) is 71.4 Å². The molecule has 1 aliphatic heterocycles. The molecule has 0 fully saturated rings. The Bertz CT molecular complexity index is 1160. The van der Waals surface area contributed by atoms with Crippen LogP contribution in [0.1, 0.15) is 43.2 Å². The Hall–Kier alpha value is -2.55. The third kappa shape index (κ3) is 2.54. The van der Waals surface area contributed by atoms with Crippen LogP contribution in [0.25, 0.3) is 17.0 Å². The second-order valence-corrected chi connectivity index (χ2v) is 7.23. The highest BCUT2D eigenvalue weighted by atomic mass is 15.1. The molecule has 0 saturated heterocycles. The van der Waals surface area contributed by atoms with Crippen molar-refractivity contribution in [1.29, 1.82) is 0 Å². The SMILES string of the molecule is [2H]C([2H])([2H])C1=Cc2ccccc2B(c2cc(C([2H])(C)C)c3ccccc3[n+]2C)N1C. The molecule has 4 rings (SSSR count). The number of nitrogens with zero attached hydrogens (tertiary/aromatic N) is 2. The van der Waals surface area contributed by atoms with Crippen LogP contribution < -0.4 is 15.6 Å². The Morgan fingerprint density at radius 1 is 1.12 bits per heavy atom. The van der Waals surface area contributed by atoms with Crippen LogP contribution in [-0.4, -0.2) is 18.7 Å². The molecule has 0 bridgehead atoms. The third-order valence-corrected chi connectivity index (χ3v) is 5.40. The number of rotatable bonds is 2. The van der Waals surface area contributed by atoms with Crippen LogP contribution in [-0.2, 0) is 7.05 Å². The second-order valence-electron chi connectivity index (χ2n) is 7.23. The zero-order valence-corrected chi connectivity index (χ0v) is 15.7. The minimum Gasteiger partial charge on any atom is -0.408 e.